The maximum Gasteiger partial charge on any atom is 0.508 e. The number of rotatable bonds is 13. The Morgan fingerprint density at radius 1 is 0.923 bits per heavy atom. The van der Waals surface area contributed by atoms with Crippen LogP contribution in [0.1, 0.15) is 151 Å². The highest BCUT2D eigenvalue weighted by Crippen LogP contribution is 2.67. The zero-order valence-electron chi connectivity index (χ0n) is 26.6. The molecule has 0 saturated heterocycles. The summed E-state index contributed by atoms with van der Waals surface area (Å²) < 4.78 is 11.3. The third kappa shape index (κ3) is 7.09. The molecule has 0 aromatic rings. The molecule has 3 fully saturated rings. The highest BCUT2D eigenvalue weighted by atomic mass is 16.7. The van der Waals surface area contributed by atoms with Crippen LogP contribution in [0.4, 0.5) is 4.79 Å². The van der Waals surface area contributed by atoms with Gasteiger partial charge in [-0.2, -0.15) is 0 Å². The minimum absolute atomic E-state index is 0.00525. The second-order valence-electron chi connectivity index (χ2n) is 15.1. The van der Waals surface area contributed by atoms with Gasteiger partial charge in [0.05, 0.1) is 6.61 Å². The van der Waals surface area contributed by atoms with Gasteiger partial charge < -0.3 is 9.47 Å². The first-order valence-corrected chi connectivity index (χ1v) is 17.2. The Hall–Kier alpha value is -0.990. The van der Waals surface area contributed by atoms with Crippen molar-refractivity contribution >= 4 is 6.16 Å². The van der Waals surface area contributed by atoms with Crippen LogP contribution in [-0.2, 0) is 9.47 Å². The van der Waals surface area contributed by atoms with E-state index in [1.54, 1.807) is 5.57 Å². The first-order chi connectivity index (χ1) is 18.7. The van der Waals surface area contributed by atoms with E-state index in [-0.39, 0.29) is 6.10 Å². The van der Waals surface area contributed by atoms with Gasteiger partial charge in [0, 0.05) is 6.42 Å². The Kier molecular flexibility index (Phi) is 10.9. The summed E-state index contributed by atoms with van der Waals surface area (Å²) in [5, 5.41) is 0. The molecule has 0 aliphatic heterocycles. The van der Waals surface area contributed by atoms with E-state index in [0.29, 0.717) is 17.4 Å². The summed E-state index contributed by atoms with van der Waals surface area (Å²) in [6.07, 6.45) is 23.6. The Morgan fingerprint density at radius 2 is 1.69 bits per heavy atom. The smallest absolute Gasteiger partial charge is 0.434 e. The normalized spacial score (nSPS) is 36.5. The summed E-state index contributed by atoms with van der Waals surface area (Å²) >= 11 is 0. The Balaban J connectivity index is 1.29. The second kappa shape index (κ2) is 13.8. The minimum atomic E-state index is -0.445. The quantitative estimate of drug-likeness (QED) is 0.132. The molecule has 0 spiro atoms. The fraction of sp³-hybridized carbons (Fsp3) is 0.917. The summed E-state index contributed by atoms with van der Waals surface area (Å²) in [6.45, 7) is 15.3. The van der Waals surface area contributed by atoms with Crippen LogP contribution in [0.3, 0.4) is 0 Å². The average Bonchev–Trinajstić information content (AvgIpc) is 3.25. The topological polar surface area (TPSA) is 35.5 Å². The fourth-order valence-electron chi connectivity index (χ4n) is 9.96. The molecule has 0 aromatic carbocycles. The van der Waals surface area contributed by atoms with Crippen LogP contribution in [0, 0.1) is 46.3 Å². The van der Waals surface area contributed by atoms with Crippen LogP contribution >= 0.6 is 0 Å². The van der Waals surface area contributed by atoms with E-state index in [1.807, 2.05) is 0 Å². The first-order valence-electron chi connectivity index (χ1n) is 17.2. The van der Waals surface area contributed by atoms with Crippen LogP contribution in [0.2, 0.25) is 0 Å². The molecular formula is C36H62O3. The number of unbranched alkanes of at least 4 members (excludes halogenated alkanes) is 5. The molecule has 0 radical (unpaired) electrons. The predicted molar refractivity (Wildman–Crippen MR) is 163 cm³/mol. The van der Waals surface area contributed by atoms with Crippen molar-refractivity contribution in [3.05, 3.63) is 11.6 Å². The Labute approximate surface area is 241 Å². The maximum atomic E-state index is 12.4. The predicted octanol–water partition coefficient (Wildman–Crippen LogP) is 10.9. The highest BCUT2D eigenvalue weighted by molar-refractivity contribution is 5.60. The SMILES string of the molecule is CCCCCCCCOC(=O)OC1CCC2(C)C(=CCC3C2CCC2(C)C(C(C)CCCC(C)C)CCC32)C1. The molecule has 8 atom stereocenters. The third-order valence-corrected chi connectivity index (χ3v) is 12.2. The van der Waals surface area contributed by atoms with Gasteiger partial charge in [0.15, 0.2) is 0 Å². The molecule has 3 saturated carbocycles. The third-order valence-electron chi connectivity index (χ3n) is 12.2. The van der Waals surface area contributed by atoms with Crippen molar-refractivity contribution in [3.63, 3.8) is 0 Å². The van der Waals surface area contributed by atoms with Crippen molar-refractivity contribution in [3.8, 4) is 0 Å². The molecule has 0 amide bonds. The molecule has 3 nitrogen and oxygen atoms in total. The van der Waals surface area contributed by atoms with E-state index in [9.17, 15) is 4.79 Å². The minimum Gasteiger partial charge on any atom is -0.434 e. The van der Waals surface area contributed by atoms with E-state index in [2.05, 4.69) is 47.6 Å². The Bertz CT molecular complexity index is 816. The summed E-state index contributed by atoms with van der Waals surface area (Å²) in [7, 11) is 0. The average molecular weight is 543 g/mol. The van der Waals surface area contributed by atoms with Gasteiger partial charge in [-0.05, 0) is 97.7 Å². The van der Waals surface area contributed by atoms with Crippen LogP contribution in [-0.4, -0.2) is 18.9 Å². The van der Waals surface area contributed by atoms with Gasteiger partial charge in [-0.1, -0.05) is 105 Å². The van der Waals surface area contributed by atoms with Gasteiger partial charge in [-0.25, -0.2) is 4.79 Å². The zero-order chi connectivity index (χ0) is 28.0. The molecule has 39 heavy (non-hydrogen) atoms. The maximum absolute atomic E-state index is 12.4. The van der Waals surface area contributed by atoms with Crippen molar-refractivity contribution < 1.29 is 14.3 Å². The molecule has 0 N–H and O–H groups in total. The second-order valence-corrected chi connectivity index (χ2v) is 15.1. The molecule has 0 bridgehead atoms. The lowest BCUT2D eigenvalue weighted by molar-refractivity contribution is -0.0617. The zero-order valence-corrected chi connectivity index (χ0v) is 26.6. The largest absolute Gasteiger partial charge is 0.508 e. The van der Waals surface area contributed by atoms with Gasteiger partial charge in [0.2, 0.25) is 0 Å². The van der Waals surface area contributed by atoms with E-state index < -0.39 is 6.16 Å². The van der Waals surface area contributed by atoms with E-state index in [1.165, 1.54) is 77.0 Å². The molecule has 4 aliphatic rings. The van der Waals surface area contributed by atoms with E-state index >= 15 is 0 Å². The van der Waals surface area contributed by atoms with Crippen molar-refractivity contribution in [2.75, 3.05) is 6.61 Å². The van der Waals surface area contributed by atoms with Crippen LogP contribution in [0.15, 0.2) is 11.6 Å². The molecular weight excluding hydrogens is 480 g/mol. The summed E-state index contributed by atoms with van der Waals surface area (Å²) in [5.74, 6) is 5.18. The summed E-state index contributed by atoms with van der Waals surface area (Å²) in [4.78, 5) is 12.4. The van der Waals surface area contributed by atoms with Crippen molar-refractivity contribution in [1.29, 1.82) is 0 Å². The molecule has 224 valence electrons. The number of allylic oxidation sites excluding steroid dienone is 1. The number of ether oxygens (including phenoxy) is 2. The lowest BCUT2D eigenvalue weighted by Crippen LogP contribution is -2.51. The Morgan fingerprint density at radius 3 is 2.46 bits per heavy atom. The van der Waals surface area contributed by atoms with E-state index in [0.717, 1.165) is 67.6 Å². The van der Waals surface area contributed by atoms with Gasteiger partial charge in [0.1, 0.15) is 6.10 Å². The van der Waals surface area contributed by atoms with Crippen LogP contribution < -0.4 is 0 Å². The number of hydrogen-bond donors (Lipinski definition) is 0. The molecule has 0 heterocycles. The van der Waals surface area contributed by atoms with Gasteiger partial charge in [0.25, 0.3) is 0 Å². The lowest BCUT2D eigenvalue weighted by atomic mass is 9.47. The molecule has 4 rings (SSSR count). The van der Waals surface area contributed by atoms with Crippen LogP contribution in [0.5, 0.6) is 0 Å². The van der Waals surface area contributed by atoms with Crippen molar-refractivity contribution in [1.82, 2.24) is 0 Å². The number of carbonyl (C=O) groups excluding carboxylic acids is 1. The molecule has 3 heteroatoms. The highest BCUT2D eigenvalue weighted by Gasteiger charge is 2.59. The van der Waals surface area contributed by atoms with Gasteiger partial charge >= 0.3 is 6.16 Å². The molecule has 0 aromatic heterocycles. The fourth-order valence-corrected chi connectivity index (χ4v) is 9.96. The van der Waals surface area contributed by atoms with Gasteiger partial charge in [-0.3, -0.25) is 0 Å². The monoisotopic (exact) mass is 542 g/mol. The number of carbonyl (C=O) groups is 1. The number of hydrogen-bond acceptors (Lipinski definition) is 3. The lowest BCUT2D eigenvalue weighted by Gasteiger charge is -2.58. The van der Waals surface area contributed by atoms with E-state index in [4.69, 9.17) is 9.47 Å². The summed E-state index contributed by atoms with van der Waals surface area (Å²) in [5.41, 5.74) is 2.43. The molecule has 8 unspecified atom stereocenters. The van der Waals surface area contributed by atoms with Gasteiger partial charge in [-0.15, -0.1) is 0 Å². The first kappa shape index (κ1) is 31.0. The van der Waals surface area contributed by atoms with Crippen LogP contribution in [0.25, 0.3) is 0 Å². The standard InChI is InChI=1S/C36H62O3/c1-7-8-9-10-11-12-24-38-34(37)39-29-20-22-35(5)28(25-29)16-17-30-32-19-18-31(27(4)15-13-14-26(2)3)36(32,6)23-21-33(30)35/h16,26-27,29-33H,7-15,17-25H2,1-6H3. The molecule has 4 aliphatic carbocycles. The summed E-state index contributed by atoms with van der Waals surface area (Å²) in [6, 6.07) is 0. The van der Waals surface area contributed by atoms with Crippen molar-refractivity contribution in [2.24, 2.45) is 46.3 Å². The van der Waals surface area contributed by atoms with Crippen molar-refractivity contribution in [2.45, 2.75) is 157 Å². The number of fused-ring (bicyclic) bond motifs is 5.